The molecular formula is C14H17N3O. The van der Waals surface area contributed by atoms with Crippen molar-refractivity contribution in [1.29, 1.82) is 0 Å². The first-order valence-corrected chi connectivity index (χ1v) is 6.28. The van der Waals surface area contributed by atoms with Crippen LogP contribution in [0.1, 0.15) is 18.4 Å². The number of nitrogens with one attached hydrogen (secondary N) is 2. The maximum atomic E-state index is 12.0. The Morgan fingerprint density at radius 1 is 1.39 bits per heavy atom. The highest BCUT2D eigenvalue weighted by Crippen LogP contribution is 2.44. The zero-order valence-corrected chi connectivity index (χ0v) is 10.2. The van der Waals surface area contributed by atoms with Crippen molar-refractivity contribution in [2.75, 3.05) is 6.54 Å². The third kappa shape index (κ3) is 1.78. The Labute approximate surface area is 106 Å². The number of hydrogen-bond donors (Lipinski definition) is 3. The van der Waals surface area contributed by atoms with Gasteiger partial charge in [-0.1, -0.05) is 18.2 Å². The summed E-state index contributed by atoms with van der Waals surface area (Å²) < 4.78 is 0. The molecule has 1 saturated carbocycles. The average Bonchev–Trinajstić information content (AvgIpc) is 3.11. The summed E-state index contributed by atoms with van der Waals surface area (Å²) in [5.41, 5.74) is 7.59. The summed E-state index contributed by atoms with van der Waals surface area (Å²) in [6.45, 7) is 1.01. The number of H-pyrrole nitrogens is 1. The first-order valence-electron chi connectivity index (χ1n) is 6.28. The van der Waals surface area contributed by atoms with Gasteiger partial charge in [0.25, 0.3) is 0 Å². The van der Waals surface area contributed by atoms with Crippen LogP contribution in [0.15, 0.2) is 30.5 Å². The lowest BCUT2D eigenvalue weighted by atomic mass is 10.1. The summed E-state index contributed by atoms with van der Waals surface area (Å²) in [6.07, 6.45) is 3.79. The molecule has 1 aliphatic rings. The molecule has 4 nitrogen and oxygen atoms in total. The van der Waals surface area contributed by atoms with Crippen LogP contribution in [-0.4, -0.2) is 17.4 Å². The van der Waals surface area contributed by atoms with Crippen molar-refractivity contribution in [1.82, 2.24) is 10.3 Å². The molecule has 0 radical (unpaired) electrons. The summed E-state index contributed by atoms with van der Waals surface area (Å²) >= 11 is 0. The summed E-state index contributed by atoms with van der Waals surface area (Å²) in [5.74, 6) is 0.0929. The molecule has 1 aromatic carbocycles. The van der Waals surface area contributed by atoms with Gasteiger partial charge in [0.2, 0.25) is 5.91 Å². The maximum absolute atomic E-state index is 12.0. The van der Waals surface area contributed by atoms with Gasteiger partial charge in [0.1, 0.15) is 0 Å². The summed E-state index contributed by atoms with van der Waals surface area (Å²) in [6, 6.07) is 8.09. The minimum atomic E-state index is -0.272. The van der Waals surface area contributed by atoms with Crippen molar-refractivity contribution in [3.8, 4) is 0 Å². The van der Waals surface area contributed by atoms with Crippen LogP contribution in [0, 0.1) is 5.41 Å². The number of hydrogen-bond acceptors (Lipinski definition) is 2. The van der Waals surface area contributed by atoms with Crippen LogP contribution in [0.3, 0.4) is 0 Å². The van der Waals surface area contributed by atoms with Crippen molar-refractivity contribution in [3.63, 3.8) is 0 Å². The van der Waals surface area contributed by atoms with Gasteiger partial charge in [-0.15, -0.1) is 0 Å². The molecule has 0 saturated heterocycles. The van der Waals surface area contributed by atoms with Crippen molar-refractivity contribution < 1.29 is 4.79 Å². The first kappa shape index (κ1) is 11.3. The second-order valence-corrected chi connectivity index (χ2v) is 5.03. The molecule has 1 amide bonds. The monoisotopic (exact) mass is 243 g/mol. The number of aromatic amines is 1. The number of carbonyl (C=O) groups is 1. The zero-order valence-electron chi connectivity index (χ0n) is 10.2. The van der Waals surface area contributed by atoms with Gasteiger partial charge in [0, 0.05) is 30.2 Å². The second kappa shape index (κ2) is 4.14. The quantitative estimate of drug-likeness (QED) is 0.762. The average molecular weight is 243 g/mol. The Morgan fingerprint density at radius 3 is 2.89 bits per heavy atom. The SMILES string of the molecule is NCC1(C(=O)NCc2c[nH]c3ccccc23)CC1. The van der Waals surface area contributed by atoms with E-state index in [-0.39, 0.29) is 11.3 Å². The van der Waals surface area contributed by atoms with Crippen LogP contribution in [0.2, 0.25) is 0 Å². The first-order chi connectivity index (χ1) is 8.75. The van der Waals surface area contributed by atoms with Crippen LogP contribution in [-0.2, 0) is 11.3 Å². The normalized spacial score (nSPS) is 16.7. The molecular weight excluding hydrogens is 226 g/mol. The van der Waals surface area contributed by atoms with Crippen LogP contribution >= 0.6 is 0 Å². The van der Waals surface area contributed by atoms with E-state index in [1.807, 2.05) is 24.4 Å². The van der Waals surface area contributed by atoms with Gasteiger partial charge in [-0.05, 0) is 24.5 Å². The molecule has 0 unspecified atom stereocenters. The molecule has 18 heavy (non-hydrogen) atoms. The van der Waals surface area contributed by atoms with Crippen LogP contribution in [0.4, 0.5) is 0 Å². The van der Waals surface area contributed by atoms with Crippen LogP contribution in [0.25, 0.3) is 10.9 Å². The molecule has 2 aromatic rings. The van der Waals surface area contributed by atoms with E-state index in [9.17, 15) is 4.79 Å². The summed E-state index contributed by atoms with van der Waals surface area (Å²) in [7, 11) is 0. The highest BCUT2D eigenvalue weighted by atomic mass is 16.2. The Morgan fingerprint density at radius 2 is 2.17 bits per heavy atom. The molecule has 3 rings (SSSR count). The highest BCUT2D eigenvalue weighted by molar-refractivity contribution is 5.87. The number of benzene rings is 1. The topological polar surface area (TPSA) is 70.9 Å². The predicted molar refractivity (Wildman–Crippen MR) is 70.9 cm³/mol. The van der Waals surface area contributed by atoms with Crippen LogP contribution < -0.4 is 11.1 Å². The molecule has 94 valence electrons. The highest BCUT2D eigenvalue weighted by Gasteiger charge is 2.48. The van der Waals surface area contributed by atoms with Gasteiger partial charge in [-0.2, -0.15) is 0 Å². The Hall–Kier alpha value is -1.81. The minimum absolute atomic E-state index is 0.0929. The smallest absolute Gasteiger partial charge is 0.227 e. The molecule has 0 bridgehead atoms. The third-order valence-corrected chi connectivity index (χ3v) is 3.84. The number of aromatic nitrogens is 1. The van der Waals surface area contributed by atoms with Crippen LogP contribution in [0.5, 0.6) is 0 Å². The molecule has 1 heterocycles. The van der Waals surface area contributed by atoms with Gasteiger partial charge >= 0.3 is 0 Å². The Kier molecular flexibility index (Phi) is 2.59. The van der Waals surface area contributed by atoms with E-state index in [4.69, 9.17) is 5.73 Å². The Bertz CT molecular complexity index is 583. The van der Waals surface area contributed by atoms with Crippen molar-refractivity contribution in [2.45, 2.75) is 19.4 Å². The summed E-state index contributed by atoms with van der Waals surface area (Å²) in [5, 5.41) is 4.15. The van der Waals surface area contributed by atoms with E-state index in [0.717, 1.165) is 29.3 Å². The lowest BCUT2D eigenvalue weighted by Crippen LogP contribution is -2.36. The largest absolute Gasteiger partial charge is 0.361 e. The molecule has 0 spiro atoms. The van der Waals surface area contributed by atoms with E-state index in [0.29, 0.717) is 13.1 Å². The van der Waals surface area contributed by atoms with Gasteiger partial charge in [-0.25, -0.2) is 0 Å². The van der Waals surface area contributed by atoms with Crippen molar-refractivity contribution in [2.24, 2.45) is 11.1 Å². The van der Waals surface area contributed by atoms with E-state index in [1.165, 1.54) is 0 Å². The van der Waals surface area contributed by atoms with E-state index in [2.05, 4.69) is 16.4 Å². The van der Waals surface area contributed by atoms with E-state index >= 15 is 0 Å². The number of carbonyl (C=O) groups excluding carboxylic acids is 1. The summed E-state index contributed by atoms with van der Waals surface area (Å²) in [4.78, 5) is 15.2. The predicted octanol–water partition coefficient (Wildman–Crippen LogP) is 1.52. The van der Waals surface area contributed by atoms with Gasteiger partial charge in [0.15, 0.2) is 0 Å². The lowest BCUT2D eigenvalue weighted by molar-refractivity contribution is -0.126. The van der Waals surface area contributed by atoms with E-state index in [1.54, 1.807) is 0 Å². The van der Waals surface area contributed by atoms with E-state index < -0.39 is 0 Å². The molecule has 1 aromatic heterocycles. The number of nitrogens with two attached hydrogens (primary N) is 1. The maximum Gasteiger partial charge on any atom is 0.227 e. The van der Waals surface area contributed by atoms with Gasteiger partial charge in [-0.3, -0.25) is 4.79 Å². The molecule has 0 atom stereocenters. The zero-order chi connectivity index (χ0) is 12.6. The molecule has 1 fully saturated rings. The lowest BCUT2D eigenvalue weighted by Gasteiger charge is -2.12. The van der Waals surface area contributed by atoms with Crippen molar-refractivity contribution >= 4 is 16.8 Å². The number of rotatable bonds is 4. The molecule has 4 N–H and O–H groups in total. The van der Waals surface area contributed by atoms with Gasteiger partial charge in [0.05, 0.1) is 5.41 Å². The fraction of sp³-hybridized carbons (Fsp3) is 0.357. The number of para-hydroxylation sites is 1. The standard InChI is InChI=1S/C14H17N3O/c15-9-14(5-6-14)13(18)17-8-10-7-16-12-4-2-1-3-11(10)12/h1-4,7,16H,5-6,8-9,15H2,(H,17,18). The molecule has 1 aliphatic carbocycles. The number of fused-ring (bicyclic) bond motifs is 1. The number of amides is 1. The fourth-order valence-electron chi connectivity index (χ4n) is 2.32. The fourth-order valence-corrected chi connectivity index (χ4v) is 2.32. The van der Waals surface area contributed by atoms with Gasteiger partial charge < -0.3 is 16.0 Å². The molecule has 4 heteroatoms. The third-order valence-electron chi connectivity index (χ3n) is 3.84. The Balaban J connectivity index is 1.72. The van der Waals surface area contributed by atoms with Crippen molar-refractivity contribution in [3.05, 3.63) is 36.0 Å². The minimum Gasteiger partial charge on any atom is -0.361 e. The second-order valence-electron chi connectivity index (χ2n) is 5.03. The molecule has 0 aliphatic heterocycles.